The van der Waals surface area contributed by atoms with Crippen LogP contribution in [-0.4, -0.2) is 5.78 Å². The summed E-state index contributed by atoms with van der Waals surface area (Å²) in [5, 5.41) is 9.23. The molecule has 4 aliphatic carbocycles. The minimum Gasteiger partial charge on any atom is -0.299 e. The Morgan fingerprint density at radius 1 is 1.04 bits per heavy atom. The van der Waals surface area contributed by atoms with Crippen LogP contribution < -0.4 is 0 Å². The van der Waals surface area contributed by atoms with Crippen molar-refractivity contribution >= 4 is 5.78 Å². The summed E-state index contributed by atoms with van der Waals surface area (Å²) in [6, 6.07) is 2.41. The molecule has 0 spiro atoms. The normalized spacial score (nSPS) is 50.3. The third kappa shape index (κ3) is 2.67. The van der Waals surface area contributed by atoms with Gasteiger partial charge >= 0.3 is 0 Å². The van der Waals surface area contributed by atoms with E-state index < -0.39 is 0 Å². The highest BCUT2D eigenvalue weighted by molar-refractivity contribution is 5.86. The minimum absolute atomic E-state index is 0.281. The van der Waals surface area contributed by atoms with E-state index in [1.165, 1.54) is 51.4 Å². The van der Waals surface area contributed by atoms with Gasteiger partial charge in [-0.3, -0.25) is 4.79 Å². The van der Waals surface area contributed by atoms with Crippen LogP contribution in [0.25, 0.3) is 0 Å². The van der Waals surface area contributed by atoms with E-state index in [9.17, 15) is 10.1 Å². The van der Waals surface area contributed by atoms with E-state index in [1.807, 2.05) is 0 Å². The van der Waals surface area contributed by atoms with Crippen molar-refractivity contribution < 1.29 is 4.79 Å². The monoisotopic (exact) mass is 369 g/mol. The highest BCUT2D eigenvalue weighted by atomic mass is 16.1. The van der Waals surface area contributed by atoms with Crippen molar-refractivity contribution in [1.82, 2.24) is 0 Å². The Labute approximate surface area is 166 Å². The summed E-state index contributed by atoms with van der Waals surface area (Å²) in [5.74, 6) is 4.22. The molecular formula is C25H39NO. The molecule has 4 rings (SSSR count). The van der Waals surface area contributed by atoms with Crippen LogP contribution >= 0.6 is 0 Å². The summed E-state index contributed by atoms with van der Waals surface area (Å²) in [6.45, 7) is 9.59. The van der Waals surface area contributed by atoms with Gasteiger partial charge in [-0.05, 0) is 85.4 Å². The number of ketones is 1. The number of nitrogens with zero attached hydrogens (tertiary/aromatic N) is 1. The molecule has 9 atom stereocenters. The van der Waals surface area contributed by atoms with Crippen LogP contribution in [0.3, 0.4) is 0 Å². The summed E-state index contributed by atoms with van der Waals surface area (Å²) in [5.41, 5.74) is 0.679. The van der Waals surface area contributed by atoms with Crippen molar-refractivity contribution in [3.63, 3.8) is 0 Å². The Hall–Kier alpha value is -0.840. The Balaban J connectivity index is 1.69. The van der Waals surface area contributed by atoms with Crippen molar-refractivity contribution in [2.75, 3.05) is 0 Å². The van der Waals surface area contributed by atoms with Gasteiger partial charge in [0.2, 0.25) is 0 Å². The fourth-order valence-electron chi connectivity index (χ4n) is 8.98. The van der Waals surface area contributed by atoms with Gasteiger partial charge in [-0.25, -0.2) is 0 Å². The largest absolute Gasteiger partial charge is 0.299 e. The van der Waals surface area contributed by atoms with Gasteiger partial charge in [0.05, 0.1) is 6.07 Å². The maximum atomic E-state index is 13.8. The number of nitriles is 1. The van der Waals surface area contributed by atoms with Gasteiger partial charge in [-0.2, -0.15) is 5.26 Å². The second kappa shape index (κ2) is 6.89. The maximum Gasteiger partial charge on any atom is 0.139 e. The van der Waals surface area contributed by atoms with Crippen LogP contribution in [0, 0.1) is 63.6 Å². The van der Waals surface area contributed by atoms with Crippen LogP contribution in [0.15, 0.2) is 0 Å². The van der Waals surface area contributed by atoms with E-state index >= 15 is 0 Å². The van der Waals surface area contributed by atoms with Crippen molar-refractivity contribution in [1.29, 1.82) is 5.26 Å². The van der Waals surface area contributed by atoms with Crippen molar-refractivity contribution in [3.8, 4) is 6.07 Å². The summed E-state index contributed by atoms with van der Waals surface area (Å²) in [6.07, 6.45) is 12.0. The van der Waals surface area contributed by atoms with Crippen LogP contribution in [0.2, 0.25) is 0 Å². The first-order valence-electron chi connectivity index (χ1n) is 11.8. The molecule has 0 heterocycles. The highest BCUT2D eigenvalue weighted by Gasteiger charge is 2.64. The summed E-state index contributed by atoms with van der Waals surface area (Å²) in [7, 11) is 0. The Morgan fingerprint density at radius 3 is 2.48 bits per heavy atom. The fourth-order valence-corrected chi connectivity index (χ4v) is 8.98. The zero-order chi connectivity index (χ0) is 19.4. The van der Waals surface area contributed by atoms with Gasteiger partial charge in [-0.1, -0.05) is 40.5 Å². The first-order valence-corrected chi connectivity index (χ1v) is 11.8. The molecule has 0 N–H and O–H groups in total. The molecule has 27 heavy (non-hydrogen) atoms. The predicted octanol–water partition coefficient (Wildman–Crippen LogP) is 6.40. The van der Waals surface area contributed by atoms with E-state index in [0.29, 0.717) is 59.0 Å². The average Bonchev–Trinajstić information content (AvgIpc) is 3.00. The fraction of sp³-hybridized carbons (Fsp3) is 0.920. The lowest BCUT2D eigenvalue weighted by molar-refractivity contribution is -0.168. The molecule has 0 amide bonds. The molecule has 0 unspecified atom stereocenters. The lowest BCUT2D eigenvalue weighted by Crippen LogP contribution is -2.59. The molecule has 2 nitrogen and oxygen atoms in total. The molecule has 150 valence electrons. The van der Waals surface area contributed by atoms with E-state index in [1.54, 1.807) is 0 Å². The van der Waals surface area contributed by atoms with E-state index in [4.69, 9.17) is 0 Å². The maximum absolute atomic E-state index is 13.8. The van der Waals surface area contributed by atoms with Gasteiger partial charge < -0.3 is 0 Å². The molecule has 0 aliphatic heterocycles. The quantitative estimate of drug-likeness (QED) is 0.577. The molecular weight excluding hydrogens is 330 g/mol. The zero-order valence-corrected chi connectivity index (χ0v) is 18.0. The zero-order valence-electron chi connectivity index (χ0n) is 18.0. The smallest absolute Gasteiger partial charge is 0.139 e. The number of Topliss-reactive ketones (excluding diaryl/α,β-unsaturated/α-hetero) is 1. The lowest BCUT2D eigenvalue weighted by atomic mass is 9.42. The van der Waals surface area contributed by atoms with Crippen molar-refractivity contribution in [2.24, 2.45) is 52.3 Å². The SMILES string of the molecule is CC[C@H]1C(=O)[C@@H]2[C@H](CC[C@]3(C)[C@@H]([C@H](C)CC#N)CC[C@@H]23)[C@@]2(C)CCCC[C@@H]12. The second-order valence-electron chi connectivity index (χ2n) is 11.1. The van der Waals surface area contributed by atoms with E-state index in [-0.39, 0.29) is 5.41 Å². The van der Waals surface area contributed by atoms with Crippen molar-refractivity contribution in [2.45, 2.75) is 91.9 Å². The van der Waals surface area contributed by atoms with Crippen molar-refractivity contribution in [3.05, 3.63) is 0 Å². The van der Waals surface area contributed by atoms with Crippen LogP contribution in [-0.2, 0) is 4.79 Å². The van der Waals surface area contributed by atoms with Gasteiger partial charge in [-0.15, -0.1) is 0 Å². The average molecular weight is 370 g/mol. The first-order chi connectivity index (χ1) is 12.9. The third-order valence-electron chi connectivity index (χ3n) is 10.2. The molecule has 4 saturated carbocycles. The number of fused-ring (bicyclic) bond motifs is 5. The number of carbonyl (C=O) groups is 1. The molecule has 0 aromatic carbocycles. The number of hydrogen-bond donors (Lipinski definition) is 0. The van der Waals surface area contributed by atoms with E-state index in [2.05, 4.69) is 33.8 Å². The Bertz CT molecular complexity index is 635. The Kier molecular flexibility index (Phi) is 4.97. The minimum atomic E-state index is 0.281. The van der Waals surface area contributed by atoms with Crippen LogP contribution in [0.4, 0.5) is 0 Å². The van der Waals surface area contributed by atoms with Crippen LogP contribution in [0.5, 0.6) is 0 Å². The molecule has 2 heteroatoms. The second-order valence-corrected chi connectivity index (χ2v) is 11.1. The molecule has 0 radical (unpaired) electrons. The molecule has 0 aromatic heterocycles. The summed E-state index contributed by atoms with van der Waals surface area (Å²) < 4.78 is 0. The summed E-state index contributed by atoms with van der Waals surface area (Å²) in [4.78, 5) is 13.8. The molecule has 0 bridgehead atoms. The first kappa shape index (κ1) is 19.5. The highest BCUT2D eigenvalue weighted by Crippen LogP contribution is 2.68. The van der Waals surface area contributed by atoms with E-state index in [0.717, 1.165) is 6.42 Å². The van der Waals surface area contributed by atoms with Gasteiger partial charge in [0.25, 0.3) is 0 Å². The molecule has 0 saturated heterocycles. The number of rotatable bonds is 3. The van der Waals surface area contributed by atoms with Crippen LogP contribution in [0.1, 0.15) is 91.9 Å². The molecule has 4 aliphatic rings. The third-order valence-corrected chi connectivity index (χ3v) is 10.2. The van der Waals surface area contributed by atoms with Gasteiger partial charge in [0.15, 0.2) is 0 Å². The standard InChI is InChI=1S/C25H39NO/c1-5-17-19-8-6-7-13-24(19,3)21-11-14-25(4)18(16(2)12-15-26)9-10-20(25)22(21)23(17)27/h16-22H,5-14H2,1-4H3/t16-,17-,18-,19+,20+,21+,22+,24+,25-/m1/s1. The summed E-state index contributed by atoms with van der Waals surface area (Å²) >= 11 is 0. The lowest BCUT2D eigenvalue weighted by Gasteiger charge is -2.62. The van der Waals surface area contributed by atoms with Gasteiger partial charge in [0, 0.05) is 18.3 Å². The van der Waals surface area contributed by atoms with Gasteiger partial charge in [0.1, 0.15) is 5.78 Å². The number of carbonyl (C=O) groups excluding carboxylic acids is 1. The molecule has 0 aromatic rings. The number of hydrogen-bond acceptors (Lipinski definition) is 2. The topological polar surface area (TPSA) is 40.9 Å². The Morgan fingerprint density at radius 2 is 1.78 bits per heavy atom. The molecule has 4 fully saturated rings. The predicted molar refractivity (Wildman–Crippen MR) is 109 cm³/mol.